The Balaban J connectivity index is 0. The summed E-state index contributed by atoms with van der Waals surface area (Å²) in [4.78, 5) is 10.1. The van der Waals surface area contributed by atoms with Gasteiger partial charge >= 0.3 is 18.9 Å². The number of nitrogens with one attached hydrogen (secondary N) is 1. The van der Waals surface area contributed by atoms with Crippen molar-refractivity contribution in [2.45, 2.75) is 18.9 Å². The van der Waals surface area contributed by atoms with Gasteiger partial charge < -0.3 is 15.0 Å². The fraction of sp³-hybridized carbons (Fsp3) is 0.875. The Hall–Kier alpha value is -0.113. The van der Waals surface area contributed by atoms with Gasteiger partial charge in [0.25, 0.3) is 0 Å². The summed E-state index contributed by atoms with van der Waals surface area (Å²) in [6.45, 7) is -0.449. The Morgan fingerprint density at radius 3 is 2.21 bits per heavy atom. The first kappa shape index (κ1) is 21.2. The van der Waals surface area contributed by atoms with E-state index in [0.29, 0.717) is 0 Å². The number of carboxylic acids is 1. The van der Waals surface area contributed by atoms with Crippen molar-refractivity contribution in [1.82, 2.24) is 4.72 Å². The molecule has 2 N–H and O–H groups in total. The molecule has 0 aromatic heterocycles. The standard InChI is InChI=1S/C8H17NO7S2.Li/c1-17(13,14)3-2-4-18(15,16)9-6-7(10)5-8(11)12;/h7,9-10H,2-6H2,1H3,(H,11,12);/q;+1/p-1. The number of hydrogen-bond acceptors (Lipinski definition) is 7. The van der Waals surface area contributed by atoms with Gasteiger partial charge in [0.15, 0.2) is 0 Å². The number of rotatable bonds is 9. The van der Waals surface area contributed by atoms with Crippen LogP contribution in [0.5, 0.6) is 0 Å². The number of carboxylic acid groups (broad SMARTS) is 1. The van der Waals surface area contributed by atoms with Crippen molar-refractivity contribution in [3.05, 3.63) is 0 Å². The molecule has 0 bridgehead atoms. The van der Waals surface area contributed by atoms with Crippen molar-refractivity contribution < 1.29 is 50.7 Å². The van der Waals surface area contributed by atoms with Gasteiger partial charge in [-0.05, 0) is 6.42 Å². The summed E-state index contributed by atoms with van der Waals surface area (Å²) in [5.74, 6) is -2.15. The van der Waals surface area contributed by atoms with Crippen molar-refractivity contribution in [2.75, 3.05) is 24.3 Å². The zero-order valence-electron chi connectivity index (χ0n) is 10.8. The Morgan fingerprint density at radius 2 is 1.79 bits per heavy atom. The quantitative estimate of drug-likeness (QED) is 0.404. The van der Waals surface area contributed by atoms with E-state index >= 15 is 0 Å². The van der Waals surface area contributed by atoms with Crippen LogP contribution in [0.3, 0.4) is 0 Å². The summed E-state index contributed by atoms with van der Waals surface area (Å²) in [6, 6.07) is 0. The number of hydrogen-bond donors (Lipinski definition) is 2. The SMILES string of the molecule is CS(=O)(=O)CCCS(=O)(=O)NCC(O)CC(=O)[O-].[Li+]. The largest absolute Gasteiger partial charge is 1.00 e. The van der Waals surface area contributed by atoms with E-state index in [-0.39, 0.29) is 31.0 Å². The third kappa shape index (κ3) is 14.1. The molecule has 0 rings (SSSR count). The van der Waals surface area contributed by atoms with E-state index in [2.05, 4.69) is 0 Å². The minimum atomic E-state index is -3.72. The fourth-order valence-corrected chi connectivity index (χ4v) is 3.04. The van der Waals surface area contributed by atoms with Crippen LogP contribution in [-0.2, 0) is 24.7 Å². The van der Waals surface area contributed by atoms with Crippen LogP contribution in [0.15, 0.2) is 0 Å². The summed E-state index contributed by atoms with van der Waals surface area (Å²) in [6.07, 6.45) is -1.12. The maximum absolute atomic E-state index is 11.3. The molecule has 0 aromatic carbocycles. The molecule has 0 spiro atoms. The van der Waals surface area contributed by atoms with Crippen LogP contribution in [-0.4, -0.2) is 58.3 Å². The zero-order chi connectivity index (χ0) is 14.4. The van der Waals surface area contributed by atoms with Crippen LogP contribution < -0.4 is 28.7 Å². The molecule has 0 aliphatic carbocycles. The molecule has 11 heteroatoms. The van der Waals surface area contributed by atoms with Crippen LogP contribution >= 0.6 is 0 Å². The van der Waals surface area contributed by atoms with E-state index in [4.69, 9.17) is 5.11 Å². The topological polar surface area (TPSA) is 141 Å². The Morgan fingerprint density at radius 1 is 1.26 bits per heavy atom. The van der Waals surface area contributed by atoms with Gasteiger partial charge in [-0.15, -0.1) is 0 Å². The third-order valence-corrected chi connectivity index (χ3v) is 4.33. The summed E-state index contributed by atoms with van der Waals surface area (Å²) < 4.78 is 46.2. The molecule has 108 valence electrons. The van der Waals surface area contributed by atoms with E-state index in [0.717, 1.165) is 6.26 Å². The molecule has 0 aliphatic heterocycles. The van der Waals surface area contributed by atoms with Crippen LogP contribution in [0.2, 0.25) is 0 Å². The molecule has 1 atom stereocenters. The van der Waals surface area contributed by atoms with Crippen LogP contribution in [0.25, 0.3) is 0 Å². The predicted octanol–water partition coefficient (Wildman–Crippen LogP) is -6.15. The van der Waals surface area contributed by atoms with E-state index in [1.165, 1.54) is 0 Å². The van der Waals surface area contributed by atoms with E-state index in [9.17, 15) is 26.7 Å². The number of carbonyl (C=O) groups is 1. The van der Waals surface area contributed by atoms with E-state index in [1.54, 1.807) is 0 Å². The number of aliphatic carboxylic acids is 1. The van der Waals surface area contributed by atoms with Crippen molar-refractivity contribution >= 4 is 25.8 Å². The van der Waals surface area contributed by atoms with Crippen LogP contribution in [0.1, 0.15) is 12.8 Å². The molecule has 0 fully saturated rings. The second-order valence-corrected chi connectivity index (χ2v) is 8.07. The number of carbonyl (C=O) groups excluding carboxylic acids is 1. The minimum Gasteiger partial charge on any atom is -0.550 e. The summed E-state index contributed by atoms with van der Waals surface area (Å²) in [5, 5.41) is 19.2. The Labute approximate surface area is 124 Å². The Kier molecular flexibility index (Phi) is 9.97. The normalized spacial score (nSPS) is 13.6. The molecule has 0 saturated carbocycles. The van der Waals surface area contributed by atoms with Gasteiger partial charge in [0.1, 0.15) is 9.84 Å². The van der Waals surface area contributed by atoms with Crippen molar-refractivity contribution in [2.24, 2.45) is 0 Å². The fourth-order valence-electron chi connectivity index (χ4n) is 1.07. The first-order chi connectivity index (χ1) is 8.02. The first-order valence-corrected chi connectivity index (χ1v) is 8.76. The number of sulfonamides is 1. The first-order valence-electron chi connectivity index (χ1n) is 5.05. The molecule has 0 aliphatic rings. The molecule has 8 nitrogen and oxygen atoms in total. The second-order valence-electron chi connectivity index (χ2n) is 3.88. The van der Waals surface area contributed by atoms with Gasteiger partial charge in [-0.1, -0.05) is 0 Å². The van der Waals surface area contributed by atoms with Gasteiger partial charge in [0.2, 0.25) is 10.0 Å². The van der Waals surface area contributed by atoms with Gasteiger partial charge in [0, 0.05) is 25.2 Å². The average molecular weight is 309 g/mol. The summed E-state index contributed by atoms with van der Waals surface area (Å²) >= 11 is 0. The number of aliphatic hydroxyl groups is 1. The van der Waals surface area contributed by atoms with Gasteiger partial charge in [-0.2, -0.15) is 0 Å². The molecule has 0 aromatic rings. The molecular formula is C8H16LiNO7S2. The van der Waals surface area contributed by atoms with Crippen molar-refractivity contribution in [3.63, 3.8) is 0 Å². The van der Waals surface area contributed by atoms with Gasteiger partial charge in [0.05, 0.1) is 17.6 Å². The molecule has 19 heavy (non-hydrogen) atoms. The molecule has 0 saturated heterocycles. The molecule has 0 heterocycles. The number of sulfone groups is 1. The van der Waals surface area contributed by atoms with E-state index in [1.807, 2.05) is 4.72 Å². The maximum Gasteiger partial charge on any atom is 1.00 e. The molecule has 1 unspecified atom stereocenters. The van der Waals surface area contributed by atoms with Crippen molar-refractivity contribution in [3.8, 4) is 0 Å². The third-order valence-electron chi connectivity index (χ3n) is 1.87. The van der Waals surface area contributed by atoms with Crippen LogP contribution in [0.4, 0.5) is 0 Å². The molecule has 0 amide bonds. The molecule has 0 radical (unpaired) electrons. The minimum absolute atomic E-state index is 0. The summed E-state index contributed by atoms with van der Waals surface area (Å²) in [7, 11) is -6.94. The second kappa shape index (κ2) is 8.94. The van der Waals surface area contributed by atoms with Crippen LogP contribution in [0, 0.1) is 0 Å². The van der Waals surface area contributed by atoms with Crippen molar-refractivity contribution in [1.29, 1.82) is 0 Å². The maximum atomic E-state index is 11.3. The monoisotopic (exact) mass is 309 g/mol. The Bertz CT molecular complexity index is 473. The van der Waals surface area contributed by atoms with E-state index < -0.39 is 50.7 Å². The molecular weight excluding hydrogens is 293 g/mol. The predicted molar refractivity (Wildman–Crippen MR) is 61.7 cm³/mol. The van der Waals surface area contributed by atoms with Gasteiger partial charge in [-0.3, -0.25) is 0 Å². The van der Waals surface area contributed by atoms with Gasteiger partial charge in [-0.25, -0.2) is 21.6 Å². The zero-order valence-corrected chi connectivity index (χ0v) is 12.5. The smallest absolute Gasteiger partial charge is 0.550 e. The average Bonchev–Trinajstić information content (AvgIpc) is 2.11. The summed E-state index contributed by atoms with van der Waals surface area (Å²) in [5.41, 5.74) is 0. The number of aliphatic hydroxyl groups excluding tert-OH is 1.